The largest absolute Gasteiger partial charge is 0.279 e. The number of aromatic nitrogens is 2. The molecule has 2 aromatic heterocycles. The van der Waals surface area contributed by atoms with E-state index < -0.39 is 22.1 Å². The summed E-state index contributed by atoms with van der Waals surface area (Å²) in [6.45, 7) is 0. The van der Waals surface area contributed by atoms with Crippen LogP contribution in [0.2, 0.25) is 0 Å². The summed E-state index contributed by atoms with van der Waals surface area (Å²) in [5.41, 5.74) is -0.646. The number of halogens is 3. The van der Waals surface area contributed by atoms with Crippen LogP contribution in [0.4, 0.5) is 8.78 Å². The fourth-order valence-electron chi connectivity index (χ4n) is 2.17. The maximum Gasteiger partial charge on any atom is 0.279 e. The number of benzene rings is 1. The third-order valence-corrected chi connectivity index (χ3v) is 5.56. The van der Waals surface area contributed by atoms with E-state index in [2.05, 4.69) is 20.9 Å². The van der Waals surface area contributed by atoms with Gasteiger partial charge in [-0.1, -0.05) is 18.2 Å². The van der Waals surface area contributed by atoms with Crippen LogP contribution in [0.25, 0.3) is 11.0 Å². The molecule has 0 spiro atoms. The molecule has 0 bridgehead atoms. The normalized spacial score (nSPS) is 12.2. The predicted molar refractivity (Wildman–Crippen MR) is 81.4 cm³/mol. The van der Waals surface area contributed by atoms with Crippen molar-refractivity contribution in [1.82, 2.24) is 8.96 Å². The highest BCUT2D eigenvalue weighted by molar-refractivity contribution is 9.10. The minimum atomic E-state index is -4.16. The minimum Gasteiger partial charge on any atom is -0.237 e. The van der Waals surface area contributed by atoms with Crippen molar-refractivity contribution in [3.05, 3.63) is 58.8 Å². The van der Waals surface area contributed by atoms with Gasteiger partial charge in [0.1, 0.15) is 5.69 Å². The zero-order chi connectivity index (χ0) is 15.9. The van der Waals surface area contributed by atoms with Gasteiger partial charge in [0.25, 0.3) is 16.4 Å². The van der Waals surface area contributed by atoms with Crippen molar-refractivity contribution in [2.45, 2.75) is 11.3 Å². The van der Waals surface area contributed by atoms with Gasteiger partial charge >= 0.3 is 0 Å². The van der Waals surface area contributed by atoms with E-state index in [1.54, 1.807) is 12.1 Å². The van der Waals surface area contributed by atoms with Crippen LogP contribution in [0, 0.1) is 0 Å². The highest BCUT2D eigenvalue weighted by Crippen LogP contribution is 2.33. The van der Waals surface area contributed by atoms with Gasteiger partial charge in [0.05, 0.1) is 4.90 Å². The fraction of sp³-hybridized carbons (Fsp3) is 0.0714. The minimum absolute atomic E-state index is 0.0338. The number of pyridine rings is 1. The van der Waals surface area contributed by atoms with Crippen LogP contribution >= 0.6 is 15.9 Å². The summed E-state index contributed by atoms with van der Waals surface area (Å²) in [6, 6.07) is 10.1. The maximum atomic E-state index is 13.3. The molecular weight excluding hydrogens is 378 g/mol. The molecule has 0 unspecified atom stereocenters. The average Bonchev–Trinajstić information content (AvgIpc) is 2.90. The molecule has 0 N–H and O–H groups in total. The lowest BCUT2D eigenvalue weighted by molar-refractivity contribution is 0.145. The SMILES string of the molecule is O=S(=O)(c1ccccc1)n1c(C(F)F)cc2c(Br)ccnc21. The van der Waals surface area contributed by atoms with Crippen molar-refractivity contribution in [2.24, 2.45) is 0 Å². The molecule has 0 atom stereocenters. The van der Waals surface area contributed by atoms with Gasteiger partial charge in [0.2, 0.25) is 0 Å². The Labute approximate surface area is 133 Å². The Balaban J connectivity index is 2.40. The molecule has 1 aromatic carbocycles. The predicted octanol–water partition coefficient (Wildman–Crippen LogP) is 3.97. The Kier molecular flexibility index (Phi) is 3.73. The summed E-state index contributed by atoms with van der Waals surface area (Å²) < 4.78 is 53.2. The van der Waals surface area contributed by atoms with Crippen molar-refractivity contribution in [3.63, 3.8) is 0 Å². The Morgan fingerprint density at radius 3 is 2.45 bits per heavy atom. The second kappa shape index (κ2) is 5.44. The molecule has 3 aromatic rings. The Hall–Kier alpha value is -1.80. The third-order valence-electron chi connectivity index (χ3n) is 3.14. The first-order valence-electron chi connectivity index (χ1n) is 6.17. The molecular formula is C14H9BrF2N2O2S. The van der Waals surface area contributed by atoms with E-state index in [0.29, 0.717) is 13.8 Å². The van der Waals surface area contributed by atoms with Crippen molar-refractivity contribution >= 4 is 37.0 Å². The lowest BCUT2D eigenvalue weighted by atomic mass is 10.3. The van der Waals surface area contributed by atoms with Gasteiger partial charge in [-0.25, -0.2) is 26.2 Å². The van der Waals surface area contributed by atoms with E-state index in [9.17, 15) is 17.2 Å². The van der Waals surface area contributed by atoms with Crippen LogP contribution in [0.3, 0.4) is 0 Å². The number of nitrogens with zero attached hydrogens (tertiary/aromatic N) is 2. The van der Waals surface area contributed by atoms with Crippen molar-refractivity contribution in [2.75, 3.05) is 0 Å². The maximum absolute atomic E-state index is 13.3. The van der Waals surface area contributed by atoms with Gasteiger partial charge in [0.15, 0.2) is 5.65 Å². The molecule has 0 radical (unpaired) electrons. The van der Waals surface area contributed by atoms with Crippen LogP contribution < -0.4 is 0 Å². The molecule has 114 valence electrons. The molecule has 0 aliphatic carbocycles. The van der Waals surface area contributed by atoms with Gasteiger partial charge in [-0.2, -0.15) is 0 Å². The van der Waals surface area contributed by atoms with Gasteiger partial charge in [-0.05, 0) is 40.2 Å². The van der Waals surface area contributed by atoms with Crippen molar-refractivity contribution in [1.29, 1.82) is 0 Å². The number of hydrogen-bond acceptors (Lipinski definition) is 3. The fourth-order valence-corrected chi connectivity index (χ4v) is 4.07. The van der Waals surface area contributed by atoms with E-state index in [4.69, 9.17) is 0 Å². The lowest BCUT2D eigenvalue weighted by Gasteiger charge is -2.10. The highest BCUT2D eigenvalue weighted by Gasteiger charge is 2.28. The molecule has 0 amide bonds. The van der Waals surface area contributed by atoms with Gasteiger partial charge in [-0.3, -0.25) is 0 Å². The molecule has 4 nitrogen and oxygen atoms in total. The molecule has 0 saturated carbocycles. The summed E-state index contributed by atoms with van der Waals surface area (Å²) in [5, 5.41) is 0.317. The number of alkyl halides is 2. The Morgan fingerprint density at radius 1 is 1.14 bits per heavy atom. The third kappa shape index (κ3) is 2.32. The first-order chi connectivity index (χ1) is 10.4. The van der Waals surface area contributed by atoms with Gasteiger partial charge in [0, 0.05) is 16.1 Å². The summed E-state index contributed by atoms with van der Waals surface area (Å²) in [4.78, 5) is 3.88. The molecule has 0 aliphatic heterocycles. The summed E-state index contributed by atoms with van der Waals surface area (Å²) >= 11 is 3.22. The molecule has 0 fully saturated rings. The van der Waals surface area contributed by atoms with Crippen LogP contribution in [-0.2, 0) is 10.0 Å². The molecule has 0 saturated heterocycles. The van der Waals surface area contributed by atoms with Gasteiger partial charge < -0.3 is 0 Å². The summed E-state index contributed by atoms with van der Waals surface area (Å²) in [6.07, 6.45) is -1.59. The first kappa shape index (κ1) is 15.1. The summed E-state index contributed by atoms with van der Waals surface area (Å²) in [5.74, 6) is 0. The topological polar surface area (TPSA) is 52.0 Å². The van der Waals surface area contributed by atoms with Crippen LogP contribution in [0.15, 0.2) is 58.0 Å². The van der Waals surface area contributed by atoms with Crippen LogP contribution in [0.5, 0.6) is 0 Å². The molecule has 0 aliphatic rings. The average molecular weight is 387 g/mol. The monoisotopic (exact) mass is 386 g/mol. The summed E-state index contributed by atoms with van der Waals surface area (Å²) in [7, 11) is -4.16. The number of fused-ring (bicyclic) bond motifs is 1. The second-order valence-electron chi connectivity index (χ2n) is 4.48. The highest BCUT2D eigenvalue weighted by atomic mass is 79.9. The van der Waals surface area contributed by atoms with Crippen molar-refractivity contribution in [3.8, 4) is 0 Å². The van der Waals surface area contributed by atoms with E-state index in [-0.39, 0.29) is 10.5 Å². The molecule has 22 heavy (non-hydrogen) atoms. The molecule has 8 heteroatoms. The van der Waals surface area contributed by atoms with Crippen LogP contribution in [0.1, 0.15) is 12.1 Å². The Morgan fingerprint density at radius 2 is 1.82 bits per heavy atom. The zero-order valence-corrected chi connectivity index (χ0v) is 13.4. The van der Waals surface area contributed by atoms with E-state index in [1.807, 2.05) is 0 Å². The smallest absolute Gasteiger partial charge is 0.237 e. The van der Waals surface area contributed by atoms with E-state index in [0.717, 1.165) is 6.07 Å². The first-order valence-corrected chi connectivity index (χ1v) is 8.41. The second-order valence-corrected chi connectivity index (χ2v) is 7.12. The lowest BCUT2D eigenvalue weighted by Crippen LogP contribution is -2.16. The van der Waals surface area contributed by atoms with Crippen molar-refractivity contribution < 1.29 is 17.2 Å². The van der Waals surface area contributed by atoms with Gasteiger partial charge in [-0.15, -0.1) is 0 Å². The standard InChI is InChI=1S/C14H9BrF2N2O2S/c15-11-6-7-18-14-10(11)8-12(13(16)17)19(14)22(20,21)9-4-2-1-3-5-9/h1-8,13H. The number of rotatable bonds is 3. The zero-order valence-electron chi connectivity index (χ0n) is 10.9. The molecule has 2 heterocycles. The number of hydrogen-bond donors (Lipinski definition) is 0. The quantitative estimate of drug-likeness (QED) is 0.684. The molecule has 3 rings (SSSR count). The van der Waals surface area contributed by atoms with Crippen LogP contribution in [-0.4, -0.2) is 17.4 Å². The van der Waals surface area contributed by atoms with E-state index in [1.165, 1.54) is 30.5 Å². The van der Waals surface area contributed by atoms with E-state index >= 15 is 0 Å². The Bertz CT molecular complexity index is 940.